The molecule has 0 saturated carbocycles. The fraction of sp³-hybridized carbons (Fsp3) is 0. The van der Waals surface area contributed by atoms with Gasteiger partial charge in [0.15, 0.2) is 17.5 Å². The molecule has 1 aromatic carbocycles. The molecule has 1 heterocycles. The van der Waals surface area contributed by atoms with Gasteiger partial charge in [0.2, 0.25) is 5.78 Å². The monoisotopic (exact) mass is 252 g/mol. The van der Waals surface area contributed by atoms with E-state index in [1.165, 1.54) is 18.3 Å². The Morgan fingerprint density at radius 2 is 1.83 bits per heavy atom. The largest absolute Gasteiger partial charge is 0.397 e. The number of carbonyl (C=O) groups excluding carboxylic acids is 1. The number of ketones is 1. The number of aromatic nitrogens is 1. The van der Waals surface area contributed by atoms with E-state index in [0.717, 1.165) is 6.07 Å². The van der Waals surface area contributed by atoms with Crippen molar-refractivity contribution in [1.29, 1.82) is 0 Å². The summed E-state index contributed by atoms with van der Waals surface area (Å²) in [5.41, 5.74) is 4.72. The Morgan fingerprint density at radius 1 is 1.11 bits per heavy atom. The maximum Gasteiger partial charge on any atom is 0.216 e. The number of halogens is 3. The minimum atomic E-state index is -1.70. The maximum absolute atomic E-state index is 13.4. The van der Waals surface area contributed by atoms with Gasteiger partial charge >= 0.3 is 0 Å². The topological polar surface area (TPSA) is 56.0 Å². The Morgan fingerprint density at radius 3 is 2.50 bits per heavy atom. The zero-order valence-electron chi connectivity index (χ0n) is 8.95. The van der Waals surface area contributed by atoms with Crippen LogP contribution in [0.3, 0.4) is 0 Å². The van der Waals surface area contributed by atoms with Crippen molar-refractivity contribution >= 4 is 11.5 Å². The zero-order chi connectivity index (χ0) is 13.3. The summed E-state index contributed by atoms with van der Waals surface area (Å²) in [6.45, 7) is 0. The predicted octanol–water partition coefficient (Wildman–Crippen LogP) is 2.31. The molecule has 0 bridgehead atoms. The lowest BCUT2D eigenvalue weighted by atomic mass is 10.1. The summed E-state index contributed by atoms with van der Waals surface area (Å²) < 4.78 is 39.2. The van der Waals surface area contributed by atoms with E-state index in [1.54, 1.807) is 0 Å². The van der Waals surface area contributed by atoms with Crippen LogP contribution in [0.5, 0.6) is 0 Å². The number of carbonyl (C=O) groups is 1. The lowest BCUT2D eigenvalue weighted by Crippen LogP contribution is -2.11. The molecule has 0 aliphatic carbocycles. The minimum Gasteiger partial charge on any atom is -0.397 e. The van der Waals surface area contributed by atoms with Crippen molar-refractivity contribution in [3.63, 3.8) is 0 Å². The van der Waals surface area contributed by atoms with Crippen molar-refractivity contribution in [2.45, 2.75) is 0 Å². The van der Waals surface area contributed by atoms with Gasteiger partial charge in [0, 0.05) is 6.20 Å². The highest BCUT2D eigenvalue weighted by Crippen LogP contribution is 2.19. The van der Waals surface area contributed by atoms with Gasteiger partial charge in [-0.15, -0.1) is 0 Å². The number of nitrogens with two attached hydrogens (primary N) is 1. The molecule has 2 N–H and O–H groups in total. The van der Waals surface area contributed by atoms with Crippen molar-refractivity contribution in [3.05, 3.63) is 59.2 Å². The molecule has 0 amide bonds. The van der Waals surface area contributed by atoms with E-state index < -0.39 is 28.8 Å². The first-order valence-corrected chi connectivity index (χ1v) is 4.91. The normalized spacial score (nSPS) is 10.4. The average molecular weight is 252 g/mol. The molecular weight excluding hydrogens is 245 g/mol. The molecule has 0 spiro atoms. The van der Waals surface area contributed by atoms with Crippen LogP contribution in [0.25, 0.3) is 0 Å². The summed E-state index contributed by atoms with van der Waals surface area (Å²) in [4.78, 5) is 15.6. The number of rotatable bonds is 2. The van der Waals surface area contributed by atoms with Crippen LogP contribution in [0.15, 0.2) is 30.5 Å². The molecule has 0 saturated heterocycles. The predicted molar refractivity (Wildman–Crippen MR) is 58.4 cm³/mol. The van der Waals surface area contributed by atoms with Crippen LogP contribution >= 0.6 is 0 Å². The number of hydrogen-bond acceptors (Lipinski definition) is 3. The lowest BCUT2D eigenvalue weighted by molar-refractivity contribution is 0.103. The van der Waals surface area contributed by atoms with Gasteiger partial charge in [-0.3, -0.25) is 9.78 Å². The van der Waals surface area contributed by atoms with Crippen LogP contribution < -0.4 is 5.73 Å². The van der Waals surface area contributed by atoms with Crippen LogP contribution in [-0.4, -0.2) is 10.8 Å². The second-order valence-corrected chi connectivity index (χ2v) is 3.49. The molecule has 0 atom stereocenters. The fourth-order valence-electron chi connectivity index (χ4n) is 1.44. The van der Waals surface area contributed by atoms with E-state index in [2.05, 4.69) is 4.98 Å². The average Bonchev–Trinajstić information content (AvgIpc) is 2.36. The molecule has 0 fully saturated rings. The van der Waals surface area contributed by atoms with E-state index in [4.69, 9.17) is 5.73 Å². The molecule has 2 rings (SSSR count). The summed E-state index contributed by atoms with van der Waals surface area (Å²) in [5, 5.41) is 0. The van der Waals surface area contributed by atoms with E-state index in [-0.39, 0.29) is 11.4 Å². The maximum atomic E-state index is 13.4. The molecule has 0 radical (unpaired) electrons. The summed E-state index contributed by atoms with van der Waals surface area (Å²) >= 11 is 0. The van der Waals surface area contributed by atoms with Crippen LogP contribution in [0.2, 0.25) is 0 Å². The van der Waals surface area contributed by atoms with Gasteiger partial charge in [-0.2, -0.15) is 0 Å². The first-order valence-electron chi connectivity index (χ1n) is 4.91. The first-order chi connectivity index (χ1) is 8.52. The second-order valence-electron chi connectivity index (χ2n) is 3.49. The highest BCUT2D eigenvalue weighted by molar-refractivity contribution is 6.10. The van der Waals surface area contributed by atoms with Crippen LogP contribution in [0.1, 0.15) is 16.1 Å². The van der Waals surface area contributed by atoms with Crippen molar-refractivity contribution < 1.29 is 18.0 Å². The molecule has 1 aromatic heterocycles. The van der Waals surface area contributed by atoms with Crippen molar-refractivity contribution in [2.24, 2.45) is 0 Å². The zero-order valence-corrected chi connectivity index (χ0v) is 8.95. The van der Waals surface area contributed by atoms with Gasteiger partial charge in [-0.05, 0) is 24.3 Å². The highest BCUT2D eigenvalue weighted by Gasteiger charge is 2.22. The number of nitrogens with zero attached hydrogens (tertiary/aromatic N) is 1. The second kappa shape index (κ2) is 4.48. The van der Waals surface area contributed by atoms with Gasteiger partial charge < -0.3 is 5.73 Å². The Labute approximate surface area is 100 Å². The summed E-state index contributed by atoms with van der Waals surface area (Å²) in [6, 6.07) is 4.42. The van der Waals surface area contributed by atoms with E-state index >= 15 is 0 Å². The number of benzene rings is 1. The third-order valence-electron chi connectivity index (χ3n) is 2.33. The molecule has 92 valence electrons. The molecule has 3 nitrogen and oxygen atoms in total. The quantitative estimate of drug-likeness (QED) is 0.659. The molecule has 0 unspecified atom stereocenters. The van der Waals surface area contributed by atoms with E-state index in [0.29, 0.717) is 6.07 Å². The van der Waals surface area contributed by atoms with Gasteiger partial charge in [0.25, 0.3) is 0 Å². The molecule has 0 aliphatic heterocycles. The van der Waals surface area contributed by atoms with Crippen molar-refractivity contribution in [1.82, 2.24) is 4.98 Å². The first kappa shape index (κ1) is 12.1. The summed E-state index contributed by atoms with van der Waals surface area (Å²) in [6.07, 6.45) is 1.29. The fourth-order valence-corrected chi connectivity index (χ4v) is 1.44. The molecule has 18 heavy (non-hydrogen) atoms. The summed E-state index contributed by atoms with van der Waals surface area (Å²) in [5.74, 6) is -5.51. The number of nitrogen functional groups attached to an aromatic ring is 1. The summed E-state index contributed by atoms with van der Waals surface area (Å²) in [7, 11) is 0. The van der Waals surface area contributed by atoms with Gasteiger partial charge in [-0.1, -0.05) is 0 Å². The van der Waals surface area contributed by atoms with Crippen LogP contribution in [-0.2, 0) is 0 Å². The highest BCUT2D eigenvalue weighted by atomic mass is 19.2. The van der Waals surface area contributed by atoms with E-state index in [9.17, 15) is 18.0 Å². The smallest absolute Gasteiger partial charge is 0.216 e. The lowest BCUT2D eigenvalue weighted by Gasteiger charge is -2.05. The molecule has 2 aromatic rings. The van der Waals surface area contributed by atoms with Crippen LogP contribution in [0, 0.1) is 17.5 Å². The molecular formula is C12H7F3N2O. The third-order valence-corrected chi connectivity index (χ3v) is 2.33. The number of anilines is 1. The molecule has 6 heteroatoms. The number of hydrogen-bond donors (Lipinski definition) is 1. The van der Waals surface area contributed by atoms with Crippen molar-refractivity contribution in [2.75, 3.05) is 5.73 Å². The molecule has 0 aliphatic rings. The van der Waals surface area contributed by atoms with Gasteiger partial charge in [-0.25, -0.2) is 13.2 Å². The Balaban J connectivity index is 2.54. The Bertz CT molecular complexity index is 629. The minimum absolute atomic E-state index is 0.0339. The Kier molecular flexibility index (Phi) is 3.01. The number of pyridine rings is 1. The SMILES string of the molecule is Nc1cccnc1C(=O)c1ccc(F)c(F)c1F. The Hall–Kier alpha value is -2.37. The van der Waals surface area contributed by atoms with Crippen molar-refractivity contribution in [3.8, 4) is 0 Å². The van der Waals surface area contributed by atoms with E-state index in [1.807, 2.05) is 0 Å². The van der Waals surface area contributed by atoms with Gasteiger partial charge in [0.05, 0.1) is 11.3 Å². The standard InChI is InChI=1S/C12H7F3N2O/c13-7-4-3-6(9(14)10(7)15)12(18)11-8(16)2-1-5-17-11/h1-5H,16H2. The van der Waals surface area contributed by atoms with Gasteiger partial charge in [0.1, 0.15) is 5.69 Å². The van der Waals surface area contributed by atoms with Crippen LogP contribution in [0.4, 0.5) is 18.9 Å². The third kappa shape index (κ3) is 1.92.